The Bertz CT molecular complexity index is 206. The Kier molecular flexibility index (Phi) is 3.89. The van der Waals surface area contributed by atoms with Gasteiger partial charge in [0.05, 0.1) is 0 Å². The Morgan fingerprint density at radius 2 is 2.29 bits per heavy atom. The highest BCUT2D eigenvalue weighted by Crippen LogP contribution is 2.09. The van der Waals surface area contributed by atoms with Crippen LogP contribution < -0.4 is 5.73 Å². The van der Waals surface area contributed by atoms with Gasteiger partial charge < -0.3 is 10.6 Å². The van der Waals surface area contributed by atoms with E-state index in [1.807, 2.05) is 18.9 Å². The first kappa shape index (κ1) is 11.5. The number of carbonyl (C=O) groups excluding carboxylic acids is 1. The molecular weight excluding hydrogens is 178 g/mol. The van der Waals surface area contributed by atoms with Crippen LogP contribution in [0.15, 0.2) is 0 Å². The van der Waals surface area contributed by atoms with Gasteiger partial charge in [0.2, 0.25) is 5.91 Å². The highest BCUT2D eigenvalue weighted by molar-refractivity contribution is 5.76. The second-order valence-electron chi connectivity index (χ2n) is 4.35. The number of hydrogen-bond acceptors (Lipinski definition) is 3. The molecule has 0 aromatic carbocycles. The molecule has 14 heavy (non-hydrogen) atoms. The zero-order valence-electron chi connectivity index (χ0n) is 9.36. The van der Waals surface area contributed by atoms with Gasteiger partial charge in [0.15, 0.2) is 0 Å². The molecule has 1 rings (SSSR count). The van der Waals surface area contributed by atoms with Crippen molar-refractivity contribution in [1.29, 1.82) is 0 Å². The summed E-state index contributed by atoms with van der Waals surface area (Å²) in [5, 5.41) is 0. The maximum atomic E-state index is 11.5. The lowest BCUT2D eigenvalue weighted by Gasteiger charge is -2.28. The van der Waals surface area contributed by atoms with E-state index < -0.39 is 0 Å². The van der Waals surface area contributed by atoms with E-state index >= 15 is 0 Å². The van der Waals surface area contributed by atoms with E-state index in [-0.39, 0.29) is 11.9 Å². The van der Waals surface area contributed by atoms with Crippen molar-refractivity contribution >= 4 is 5.91 Å². The minimum Gasteiger partial charge on any atom is -0.344 e. The van der Waals surface area contributed by atoms with Gasteiger partial charge in [0, 0.05) is 45.2 Å². The van der Waals surface area contributed by atoms with E-state index in [1.165, 1.54) is 0 Å². The van der Waals surface area contributed by atoms with Crippen LogP contribution in [-0.4, -0.2) is 54.5 Å². The molecule has 4 heteroatoms. The molecule has 1 amide bonds. The monoisotopic (exact) mass is 199 g/mol. The summed E-state index contributed by atoms with van der Waals surface area (Å²) in [5.41, 5.74) is 5.77. The van der Waals surface area contributed by atoms with Crippen molar-refractivity contribution in [1.82, 2.24) is 9.80 Å². The number of nitrogens with zero attached hydrogens (tertiary/aromatic N) is 2. The van der Waals surface area contributed by atoms with Gasteiger partial charge in [-0.15, -0.1) is 0 Å². The van der Waals surface area contributed by atoms with Crippen LogP contribution in [0.3, 0.4) is 0 Å². The van der Waals surface area contributed by atoms with Crippen molar-refractivity contribution in [2.45, 2.75) is 32.4 Å². The standard InChI is InChI=1S/C10H21N3O/c1-8(11)6-13-5-4-10(14)12(3)7-9(13)2/h8-9H,4-7,11H2,1-3H3. The molecule has 2 unspecified atom stereocenters. The topological polar surface area (TPSA) is 49.6 Å². The summed E-state index contributed by atoms with van der Waals surface area (Å²) in [6, 6.07) is 0.591. The summed E-state index contributed by atoms with van der Waals surface area (Å²) in [5.74, 6) is 0.240. The third-order valence-electron chi connectivity index (χ3n) is 2.72. The molecule has 1 aliphatic rings. The van der Waals surface area contributed by atoms with E-state index in [0.29, 0.717) is 12.5 Å². The summed E-state index contributed by atoms with van der Waals surface area (Å²) in [6.45, 7) is 6.68. The van der Waals surface area contributed by atoms with Crippen LogP contribution in [0, 0.1) is 0 Å². The molecule has 1 aliphatic heterocycles. The molecule has 0 bridgehead atoms. The summed E-state index contributed by atoms with van der Waals surface area (Å²) in [7, 11) is 1.87. The first-order valence-corrected chi connectivity index (χ1v) is 5.24. The summed E-state index contributed by atoms with van der Waals surface area (Å²) >= 11 is 0. The van der Waals surface area contributed by atoms with E-state index in [4.69, 9.17) is 5.73 Å². The molecular formula is C10H21N3O. The van der Waals surface area contributed by atoms with Crippen LogP contribution in [0.5, 0.6) is 0 Å². The first-order valence-electron chi connectivity index (χ1n) is 5.24. The highest BCUT2D eigenvalue weighted by atomic mass is 16.2. The van der Waals surface area contributed by atoms with Crippen molar-refractivity contribution in [2.75, 3.05) is 26.7 Å². The van der Waals surface area contributed by atoms with Gasteiger partial charge >= 0.3 is 0 Å². The highest BCUT2D eigenvalue weighted by Gasteiger charge is 2.23. The van der Waals surface area contributed by atoms with Gasteiger partial charge in [-0.3, -0.25) is 9.69 Å². The molecule has 2 N–H and O–H groups in total. The first-order chi connectivity index (χ1) is 6.50. The van der Waals surface area contributed by atoms with Crippen LogP contribution in [0.4, 0.5) is 0 Å². The number of carbonyl (C=O) groups is 1. The third kappa shape index (κ3) is 2.96. The van der Waals surface area contributed by atoms with Gasteiger partial charge in [-0.25, -0.2) is 0 Å². The zero-order chi connectivity index (χ0) is 10.7. The molecule has 82 valence electrons. The summed E-state index contributed by atoms with van der Waals surface area (Å²) in [4.78, 5) is 15.6. The maximum absolute atomic E-state index is 11.5. The van der Waals surface area contributed by atoms with E-state index in [0.717, 1.165) is 19.6 Å². The van der Waals surface area contributed by atoms with Crippen molar-refractivity contribution < 1.29 is 4.79 Å². The Balaban J connectivity index is 2.56. The fourth-order valence-corrected chi connectivity index (χ4v) is 1.91. The fourth-order valence-electron chi connectivity index (χ4n) is 1.91. The van der Waals surface area contributed by atoms with Gasteiger partial charge in [0.25, 0.3) is 0 Å². The lowest BCUT2D eigenvalue weighted by atomic mass is 10.2. The number of amides is 1. The Morgan fingerprint density at radius 3 is 2.86 bits per heavy atom. The van der Waals surface area contributed by atoms with Crippen LogP contribution in [-0.2, 0) is 4.79 Å². The Hall–Kier alpha value is -0.610. The predicted octanol–water partition coefficient (Wildman–Crippen LogP) is -0.114. The second kappa shape index (κ2) is 4.75. The van der Waals surface area contributed by atoms with Gasteiger partial charge in [-0.2, -0.15) is 0 Å². The normalized spacial score (nSPS) is 27.6. The minimum atomic E-state index is 0.177. The molecule has 0 spiro atoms. The van der Waals surface area contributed by atoms with Crippen LogP contribution in [0.25, 0.3) is 0 Å². The molecule has 0 radical (unpaired) electrons. The smallest absolute Gasteiger partial charge is 0.223 e. The van der Waals surface area contributed by atoms with Crippen molar-refractivity contribution in [3.05, 3.63) is 0 Å². The number of nitrogens with two attached hydrogens (primary N) is 1. The molecule has 0 aliphatic carbocycles. The molecule has 1 heterocycles. The van der Waals surface area contributed by atoms with Gasteiger partial charge in [-0.05, 0) is 13.8 Å². The number of likely N-dealkylation sites (N-methyl/N-ethyl adjacent to an activating group) is 1. The SMILES string of the molecule is CC(N)CN1CCC(=O)N(C)CC1C. The molecule has 0 aromatic heterocycles. The van der Waals surface area contributed by atoms with Crippen LogP contribution in [0.1, 0.15) is 20.3 Å². The molecule has 1 fully saturated rings. The number of rotatable bonds is 2. The van der Waals surface area contributed by atoms with E-state index in [1.54, 1.807) is 0 Å². The van der Waals surface area contributed by atoms with Crippen LogP contribution >= 0.6 is 0 Å². The molecule has 1 saturated heterocycles. The largest absolute Gasteiger partial charge is 0.344 e. The quantitative estimate of drug-likeness (QED) is 0.675. The van der Waals surface area contributed by atoms with Crippen LogP contribution in [0.2, 0.25) is 0 Å². The lowest BCUT2D eigenvalue weighted by molar-refractivity contribution is -0.129. The second-order valence-corrected chi connectivity index (χ2v) is 4.35. The molecule has 0 aromatic rings. The van der Waals surface area contributed by atoms with E-state index in [9.17, 15) is 4.79 Å². The van der Waals surface area contributed by atoms with Gasteiger partial charge in [-0.1, -0.05) is 0 Å². The average molecular weight is 199 g/mol. The average Bonchev–Trinajstić information content (AvgIpc) is 2.18. The fraction of sp³-hybridized carbons (Fsp3) is 0.900. The molecule has 0 saturated carbocycles. The maximum Gasteiger partial charge on any atom is 0.223 e. The van der Waals surface area contributed by atoms with Crippen molar-refractivity contribution in [2.24, 2.45) is 5.73 Å². The van der Waals surface area contributed by atoms with Crippen molar-refractivity contribution in [3.63, 3.8) is 0 Å². The van der Waals surface area contributed by atoms with Gasteiger partial charge in [0.1, 0.15) is 0 Å². The predicted molar refractivity (Wildman–Crippen MR) is 56.9 cm³/mol. The lowest BCUT2D eigenvalue weighted by Crippen LogP contribution is -2.43. The van der Waals surface area contributed by atoms with Crippen molar-refractivity contribution in [3.8, 4) is 0 Å². The zero-order valence-corrected chi connectivity index (χ0v) is 9.36. The van der Waals surface area contributed by atoms with E-state index in [2.05, 4.69) is 11.8 Å². The number of hydrogen-bond donors (Lipinski definition) is 1. The summed E-state index contributed by atoms with van der Waals surface area (Å²) < 4.78 is 0. The minimum absolute atomic E-state index is 0.177. The summed E-state index contributed by atoms with van der Waals surface area (Å²) in [6.07, 6.45) is 0.619. The molecule has 4 nitrogen and oxygen atoms in total. The Morgan fingerprint density at radius 1 is 1.64 bits per heavy atom. The molecule has 2 atom stereocenters. The third-order valence-corrected chi connectivity index (χ3v) is 2.72. The Labute approximate surface area is 86.0 Å².